The highest BCUT2D eigenvalue weighted by atomic mass is 16.4. The maximum atomic E-state index is 10.0. The Kier molecular flexibility index (Phi) is 5.66. The molecule has 0 spiro atoms. The van der Waals surface area contributed by atoms with Crippen molar-refractivity contribution >= 4 is 0 Å². The van der Waals surface area contributed by atoms with E-state index in [1.54, 1.807) is 13.8 Å². The van der Waals surface area contributed by atoms with Gasteiger partial charge < -0.3 is 9.52 Å². The van der Waals surface area contributed by atoms with Crippen molar-refractivity contribution in [3.05, 3.63) is 59.0 Å². The molecule has 0 aliphatic heterocycles. The predicted molar refractivity (Wildman–Crippen MR) is 94.1 cm³/mol. The van der Waals surface area contributed by atoms with Crippen LogP contribution in [0.4, 0.5) is 0 Å². The molecule has 0 fully saturated rings. The Morgan fingerprint density at radius 1 is 1.13 bits per heavy atom. The third-order valence-corrected chi connectivity index (χ3v) is 3.76. The lowest BCUT2D eigenvalue weighted by Gasteiger charge is -2.23. The second kappa shape index (κ2) is 7.33. The van der Waals surface area contributed by atoms with Crippen LogP contribution in [0.25, 0.3) is 0 Å². The molecule has 0 aliphatic carbocycles. The first-order chi connectivity index (χ1) is 10.7. The van der Waals surface area contributed by atoms with E-state index in [1.165, 1.54) is 11.1 Å². The van der Waals surface area contributed by atoms with E-state index in [1.807, 2.05) is 12.1 Å². The Morgan fingerprint density at radius 3 is 2.43 bits per heavy atom. The van der Waals surface area contributed by atoms with Crippen molar-refractivity contribution in [2.24, 2.45) is 5.92 Å². The van der Waals surface area contributed by atoms with Crippen molar-refractivity contribution in [2.45, 2.75) is 53.3 Å². The second-order valence-electron chi connectivity index (χ2n) is 7.38. The van der Waals surface area contributed by atoms with E-state index < -0.39 is 5.60 Å². The van der Waals surface area contributed by atoms with E-state index in [0.717, 1.165) is 25.4 Å². The van der Waals surface area contributed by atoms with Gasteiger partial charge in [0.05, 0.1) is 6.54 Å². The largest absolute Gasteiger partial charge is 0.462 e. The van der Waals surface area contributed by atoms with Gasteiger partial charge in [-0.05, 0) is 44.4 Å². The van der Waals surface area contributed by atoms with Gasteiger partial charge in [0.15, 0.2) is 0 Å². The molecule has 0 amide bonds. The summed E-state index contributed by atoms with van der Waals surface area (Å²) in [6.07, 6.45) is 0. The smallest absolute Gasteiger partial charge is 0.135 e. The molecule has 23 heavy (non-hydrogen) atoms. The third kappa shape index (κ3) is 5.52. The van der Waals surface area contributed by atoms with E-state index >= 15 is 0 Å². The van der Waals surface area contributed by atoms with E-state index in [0.29, 0.717) is 11.7 Å². The SMILES string of the molecule is Cc1cccc(CN(Cc2ccc(C(C)(C)O)o2)CC(C)C)c1. The van der Waals surface area contributed by atoms with Crippen LogP contribution in [-0.4, -0.2) is 16.6 Å². The zero-order valence-electron chi connectivity index (χ0n) is 15.0. The van der Waals surface area contributed by atoms with Crippen molar-refractivity contribution in [1.29, 1.82) is 0 Å². The summed E-state index contributed by atoms with van der Waals surface area (Å²) in [5, 5.41) is 10.0. The minimum atomic E-state index is -0.933. The normalized spacial score (nSPS) is 12.3. The Labute approximate surface area is 139 Å². The number of furan rings is 1. The van der Waals surface area contributed by atoms with Crippen LogP contribution >= 0.6 is 0 Å². The summed E-state index contributed by atoms with van der Waals surface area (Å²) in [5.41, 5.74) is 1.67. The van der Waals surface area contributed by atoms with Crippen LogP contribution in [0.2, 0.25) is 0 Å². The number of rotatable bonds is 7. The highest BCUT2D eigenvalue weighted by Gasteiger charge is 2.21. The lowest BCUT2D eigenvalue weighted by atomic mass is 10.1. The maximum Gasteiger partial charge on any atom is 0.135 e. The van der Waals surface area contributed by atoms with Gasteiger partial charge in [-0.1, -0.05) is 43.7 Å². The molecule has 0 saturated carbocycles. The van der Waals surface area contributed by atoms with Crippen LogP contribution in [0.1, 0.15) is 50.3 Å². The molecule has 0 aliphatic rings. The molecule has 0 unspecified atom stereocenters. The summed E-state index contributed by atoms with van der Waals surface area (Å²) in [6, 6.07) is 12.5. The molecule has 126 valence electrons. The number of aryl methyl sites for hydroxylation is 1. The predicted octanol–water partition coefficient (Wildman–Crippen LogP) is 4.47. The van der Waals surface area contributed by atoms with Crippen molar-refractivity contribution in [2.75, 3.05) is 6.54 Å². The van der Waals surface area contributed by atoms with Crippen LogP contribution in [0, 0.1) is 12.8 Å². The highest BCUT2D eigenvalue weighted by molar-refractivity contribution is 5.22. The average Bonchev–Trinajstić information content (AvgIpc) is 2.86. The lowest BCUT2D eigenvalue weighted by molar-refractivity contribution is 0.0514. The van der Waals surface area contributed by atoms with Gasteiger partial charge in [-0.25, -0.2) is 0 Å². The lowest BCUT2D eigenvalue weighted by Crippen LogP contribution is -2.27. The molecular weight excluding hydrogens is 286 g/mol. The van der Waals surface area contributed by atoms with Crippen molar-refractivity contribution in [3.63, 3.8) is 0 Å². The first-order valence-electron chi connectivity index (χ1n) is 8.33. The molecule has 3 heteroatoms. The number of benzene rings is 1. The maximum absolute atomic E-state index is 10.0. The van der Waals surface area contributed by atoms with Gasteiger partial charge in [-0.15, -0.1) is 0 Å². The Morgan fingerprint density at radius 2 is 1.87 bits per heavy atom. The monoisotopic (exact) mass is 315 g/mol. The first kappa shape index (κ1) is 17.8. The van der Waals surface area contributed by atoms with Crippen LogP contribution < -0.4 is 0 Å². The van der Waals surface area contributed by atoms with Crippen LogP contribution in [0.5, 0.6) is 0 Å². The molecule has 0 bridgehead atoms. The van der Waals surface area contributed by atoms with Crippen LogP contribution in [-0.2, 0) is 18.7 Å². The zero-order valence-corrected chi connectivity index (χ0v) is 15.0. The van der Waals surface area contributed by atoms with Gasteiger partial charge in [-0.2, -0.15) is 0 Å². The molecular formula is C20H29NO2. The second-order valence-corrected chi connectivity index (χ2v) is 7.38. The van der Waals surface area contributed by atoms with Crippen LogP contribution in [0.3, 0.4) is 0 Å². The summed E-state index contributed by atoms with van der Waals surface area (Å²) in [4.78, 5) is 2.40. The van der Waals surface area contributed by atoms with Gasteiger partial charge in [0, 0.05) is 13.1 Å². The first-order valence-corrected chi connectivity index (χ1v) is 8.33. The minimum absolute atomic E-state index is 0.587. The fourth-order valence-electron chi connectivity index (χ4n) is 2.78. The van der Waals surface area contributed by atoms with Crippen molar-refractivity contribution < 1.29 is 9.52 Å². The summed E-state index contributed by atoms with van der Waals surface area (Å²) < 4.78 is 5.83. The van der Waals surface area contributed by atoms with Crippen molar-refractivity contribution in [3.8, 4) is 0 Å². The molecule has 1 heterocycles. The highest BCUT2D eigenvalue weighted by Crippen LogP contribution is 2.23. The molecule has 0 radical (unpaired) electrons. The van der Waals surface area contributed by atoms with E-state index in [9.17, 15) is 5.11 Å². The van der Waals surface area contributed by atoms with Gasteiger partial charge in [0.2, 0.25) is 0 Å². The van der Waals surface area contributed by atoms with Crippen LogP contribution in [0.15, 0.2) is 40.8 Å². The summed E-state index contributed by atoms with van der Waals surface area (Å²) in [7, 11) is 0. The quantitative estimate of drug-likeness (QED) is 0.819. The average molecular weight is 315 g/mol. The van der Waals surface area contributed by atoms with Gasteiger partial charge >= 0.3 is 0 Å². The Balaban J connectivity index is 2.11. The molecule has 1 aromatic carbocycles. The standard InChI is InChI=1S/C20H29NO2/c1-15(2)12-21(13-17-8-6-7-16(3)11-17)14-18-9-10-19(23-18)20(4,5)22/h6-11,15,22H,12-14H2,1-5H3. The Bertz CT molecular complexity index is 623. The van der Waals surface area contributed by atoms with Gasteiger partial charge in [0.25, 0.3) is 0 Å². The molecule has 2 aromatic rings. The summed E-state index contributed by atoms with van der Waals surface area (Å²) in [6.45, 7) is 12.7. The zero-order chi connectivity index (χ0) is 17.0. The molecule has 1 N–H and O–H groups in total. The topological polar surface area (TPSA) is 36.6 Å². The molecule has 0 saturated heterocycles. The number of aliphatic hydroxyl groups is 1. The third-order valence-electron chi connectivity index (χ3n) is 3.76. The number of hydrogen-bond donors (Lipinski definition) is 1. The minimum Gasteiger partial charge on any atom is -0.462 e. The van der Waals surface area contributed by atoms with Gasteiger partial charge in [-0.3, -0.25) is 4.90 Å². The van der Waals surface area contributed by atoms with E-state index in [4.69, 9.17) is 4.42 Å². The van der Waals surface area contributed by atoms with E-state index in [-0.39, 0.29) is 0 Å². The number of nitrogens with zero attached hydrogens (tertiary/aromatic N) is 1. The van der Waals surface area contributed by atoms with Gasteiger partial charge in [0.1, 0.15) is 17.1 Å². The summed E-state index contributed by atoms with van der Waals surface area (Å²) >= 11 is 0. The summed E-state index contributed by atoms with van der Waals surface area (Å²) in [5.74, 6) is 2.10. The molecule has 1 aromatic heterocycles. The van der Waals surface area contributed by atoms with Crippen molar-refractivity contribution in [1.82, 2.24) is 4.90 Å². The Hall–Kier alpha value is -1.58. The fraction of sp³-hybridized carbons (Fsp3) is 0.500. The number of hydrogen-bond acceptors (Lipinski definition) is 3. The fourth-order valence-corrected chi connectivity index (χ4v) is 2.78. The van der Waals surface area contributed by atoms with E-state index in [2.05, 4.69) is 49.9 Å². The molecule has 0 atom stereocenters. The molecule has 2 rings (SSSR count). The molecule has 3 nitrogen and oxygen atoms in total.